The van der Waals surface area contributed by atoms with E-state index in [1.54, 1.807) is 4.90 Å². The van der Waals surface area contributed by atoms with Crippen molar-refractivity contribution in [2.45, 2.75) is 82.8 Å². The molecule has 1 aromatic heterocycles. The monoisotopic (exact) mass is 553 g/mol. The SMILES string of the molecule is CC(C)(C)OC(=O)N1CCN(c2nc(OC[C@@H]3CCCN3)nc3c2CCC2(CCc4c(Cl)cccc42)C3)CC1. The molecule has 1 amide bonds. The summed E-state index contributed by atoms with van der Waals surface area (Å²) in [5.74, 6) is 0.970. The first-order chi connectivity index (χ1) is 18.7. The van der Waals surface area contributed by atoms with E-state index in [1.807, 2.05) is 26.8 Å². The van der Waals surface area contributed by atoms with Crippen LogP contribution >= 0.6 is 11.6 Å². The highest BCUT2D eigenvalue weighted by atomic mass is 35.5. The van der Waals surface area contributed by atoms with Crippen molar-refractivity contribution in [3.63, 3.8) is 0 Å². The maximum absolute atomic E-state index is 12.6. The number of carbonyl (C=O) groups excluding carboxylic acids is 1. The molecule has 4 aliphatic rings. The smallest absolute Gasteiger partial charge is 0.410 e. The zero-order valence-electron chi connectivity index (χ0n) is 23.4. The zero-order chi connectivity index (χ0) is 27.2. The number of ether oxygens (including phenoxy) is 2. The number of halogens is 1. The van der Waals surface area contributed by atoms with Gasteiger partial charge in [-0.05, 0) is 89.5 Å². The van der Waals surface area contributed by atoms with Crippen molar-refractivity contribution in [3.8, 4) is 6.01 Å². The normalized spacial score (nSPS) is 24.6. The maximum atomic E-state index is 12.6. The molecule has 1 N–H and O–H groups in total. The molecule has 0 bridgehead atoms. The molecule has 8 nitrogen and oxygen atoms in total. The van der Waals surface area contributed by atoms with Gasteiger partial charge in [-0.1, -0.05) is 23.7 Å². The maximum Gasteiger partial charge on any atom is 0.410 e. The number of hydrogen-bond donors (Lipinski definition) is 1. The number of hydrogen-bond acceptors (Lipinski definition) is 7. The van der Waals surface area contributed by atoms with Crippen LogP contribution in [0.4, 0.5) is 10.6 Å². The fourth-order valence-electron chi connectivity index (χ4n) is 6.75. The van der Waals surface area contributed by atoms with Crippen LogP contribution in [0.1, 0.15) is 68.8 Å². The number of fused-ring (bicyclic) bond motifs is 3. The Morgan fingerprint density at radius 1 is 1.13 bits per heavy atom. The number of aromatic nitrogens is 2. The van der Waals surface area contributed by atoms with Gasteiger partial charge in [0.2, 0.25) is 0 Å². The van der Waals surface area contributed by atoms with E-state index in [1.165, 1.54) is 23.1 Å². The van der Waals surface area contributed by atoms with Gasteiger partial charge in [0.05, 0.1) is 5.69 Å². The van der Waals surface area contributed by atoms with Crippen LogP contribution in [0.25, 0.3) is 0 Å². The summed E-state index contributed by atoms with van der Waals surface area (Å²) in [6.07, 6.45) is 7.03. The number of nitrogens with one attached hydrogen (secondary N) is 1. The van der Waals surface area contributed by atoms with E-state index in [0.717, 1.165) is 61.6 Å². The Bertz CT molecular complexity index is 1230. The first-order valence-corrected chi connectivity index (χ1v) is 14.9. The van der Waals surface area contributed by atoms with Crippen molar-refractivity contribution >= 4 is 23.5 Å². The van der Waals surface area contributed by atoms with E-state index in [2.05, 4.69) is 22.3 Å². The molecule has 2 atom stereocenters. The van der Waals surface area contributed by atoms with Gasteiger partial charge in [-0.15, -0.1) is 0 Å². The molecule has 0 radical (unpaired) electrons. The number of piperazine rings is 1. The number of carbonyl (C=O) groups is 1. The minimum Gasteiger partial charge on any atom is -0.462 e. The quantitative estimate of drug-likeness (QED) is 0.588. The highest BCUT2D eigenvalue weighted by Gasteiger charge is 2.44. The molecular weight excluding hydrogens is 514 g/mol. The van der Waals surface area contributed by atoms with Gasteiger partial charge in [0.25, 0.3) is 0 Å². The summed E-state index contributed by atoms with van der Waals surface area (Å²) in [5, 5.41) is 4.39. The highest BCUT2D eigenvalue weighted by Crippen LogP contribution is 2.50. The van der Waals surface area contributed by atoms with Crippen LogP contribution in [-0.2, 0) is 29.4 Å². The van der Waals surface area contributed by atoms with E-state index in [0.29, 0.717) is 44.8 Å². The van der Waals surface area contributed by atoms with Crippen molar-refractivity contribution in [1.82, 2.24) is 20.2 Å². The Morgan fingerprint density at radius 2 is 1.90 bits per heavy atom. The van der Waals surface area contributed by atoms with Gasteiger partial charge in [0.1, 0.15) is 18.0 Å². The molecule has 1 unspecified atom stereocenters. The van der Waals surface area contributed by atoms with Crippen LogP contribution in [0.3, 0.4) is 0 Å². The molecular formula is C30H40ClN5O3. The Labute approximate surface area is 236 Å². The molecule has 210 valence electrons. The average molecular weight is 554 g/mol. The second kappa shape index (κ2) is 10.4. The number of amides is 1. The Balaban J connectivity index is 1.26. The predicted molar refractivity (Wildman–Crippen MR) is 152 cm³/mol. The third kappa shape index (κ3) is 5.42. The lowest BCUT2D eigenvalue weighted by atomic mass is 9.69. The summed E-state index contributed by atoms with van der Waals surface area (Å²) in [5.41, 5.74) is 4.59. The summed E-state index contributed by atoms with van der Waals surface area (Å²) in [6.45, 7) is 9.94. The Morgan fingerprint density at radius 3 is 2.62 bits per heavy atom. The van der Waals surface area contributed by atoms with Gasteiger partial charge in [0.15, 0.2) is 0 Å². The largest absolute Gasteiger partial charge is 0.462 e. The van der Waals surface area contributed by atoms with Crippen molar-refractivity contribution in [1.29, 1.82) is 0 Å². The first kappa shape index (κ1) is 26.6. The van der Waals surface area contributed by atoms with Crippen LogP contribution < -0.4 is 15.0 Å². The average Bonchev–Trinajstić information content (AvgIpc) is 3.55. The molecule has 1 aromatic carbocycles. The number of nitrogens with zero attached hydrogens (tertiary/aromatic N) is 4. The molecule has 2 aliphatic carbocycles. The highest BCUT2D eigenvalue weighted by molar-refractivity contribution is 6.31. The minimum atomic E-state index is -0.501. The summed E-state index contributed by atoms with van der Waals surface area (Å²) in [7, 11) is 0. The topological polar surface area (TPSA) is 79.8 Å². The number of benzene rings is 1. The molecule has 6 rings (SSSR count). The third-order valence-corrected chi connectivity index (χ3v) is 9.11. The van der Waals surface area contributed by atoms with Gasteiger partial charge in [-0.3, -0.25) is 0 Å². The lowest BCUT2D eigenvalue weighted by Gasteiger charge is -2.40. The molecule has 3 heterocycles. The van der Waals surface area contributed by atoms with Gasteiger partial charge in [-0.25, -0.2) is 4.79 Å². The second-order valence-electron chi connectivity index (χ2n) is 12.5. The van der Waals surface area contributed by atoms with E-state index < -0.39 is 5.60 Å². The summed E-state index contributed by atoms with van der Waals surface area (Å²) in [4.78, 5) is 26.8. The van der Waals surface area contributed by atoms with Gasteiger partial charge < -0.3 is 24.6 Å². The van der Waals surface area contributed by atoms with Crippen LogP contribution in [0.5, 0.6) is 6.01 Å². The van der Waals surface area contributed by atoms with E-state index in [4.69, 9.17) is 31.0 Å². The zero-order valence-corrected chi connectivity index (χ0v) is 24.1. The van der Waals surface area contributed by atoms with Crippen molar-refractivity contribution < 1.29 is 14.3 Å². The van der Waals surface area contributed by atoms with Gasteiger partial charge >= 0.3 is 12.1 Å². The number of anilines is 1. The van der Waals surface area contributed by atoms with E-state index in [9.17, 15) is 4.79 Å². The molecule has 9 heteroatoms. The molecule has 1 spiro atoms. The fraction of sp³-hybridized carbons (Fsp3) is 0.633. The van der Waals surface area contributed by atoms with Gasteiger partial charge in [0, 0.05) is 48.2 Å². The Kier molecular flexibility index (Phi) is 7.12. The summed E-state index contributed by atoms with van der Waals surface area (Å²) < 4.78 is 11.8. The van der Waals surface area contributed by atoms with Crippen molar-refractivity contribution in [2.24, 2.45) is 0 Å². The van der Waals surface area contributed by atoms with Crippen LogP contribution in [0.2, 0.25) is 5.02 Å². The second-order valence-corrected chi connectivity index (χ2v) is 12.9. The lowest BCUT2D eigenvalue weighted by molar-refractivity contribution is 0.0240. The van der Waals surface area contributed by atoms with E-state index in [-0.39, 0.29) is 11.5 Å². The predicted octanol–water partition coefficient (Wildman–Crippen LogP) is 4.69. The van der Waals surface area contributed by atoms with Crippen LogP contribution in [-0.4, -0.2) is 71.9 Å². The summed E-state index contributed by atoms with van der Waals surface area (Å²) >= 11 is 6.60. The molecule has 0 saturated carbocycles. The van der Waals surface area contributed by atoms with Crippen molar-refractivity contribution in [2.75, 3.05) is 44.2 Å². The Hall–Kier alpha value is -2.58. The lowest BCUT2D eigenvalue weighted by Crippen LogP contribution is -2.50. The standard InChI is InChI=1S/C30H40ClN5O3/c1-29(2,3)39-28(37)36-16-14-35(15-17-36)26-22-10-12-30(11-9-21-23(30)7-4-8-24(21)31)18-25(22)33-27(34-26)38-19-20-6-5-13-32-20/h4,7-8,20,32H,5-6,9-19H2,1-3H3/t20-,30?/m0/s1. The first-order valence-electron chi connectivity index (χ1n) is 14.5. The van der Waals surface area contributed by atoms with Crippen molar-refractivity contribution in [3.05, 3.63) is 45.6 Å². The molecule has 2 aliphatic heterocycles. The number of rotatable bonds is 4. The van der Waals surface area contributed by atoms with Crippen LogP contribution in [0, 0.1) is 0 Å². The molecule has 2 fully saturated rings. The summed E-state index contributed by atoms with van der Waals surface area (Å²) in [6, 6.07) is 7.17. The fourth-order valence-corrected chi connectivity index (χ4v) is 7.02. The third-order valence-electron chi connectivity index (χ3n) is 8.76. The molecule has 2 saturated heterocycles. The minimum absolute atomic E-state index is 0.0680. The molecule has 2 aromatic rings. The van der Waals surface area contributed by atoms with Crippen LogP contribution in [0.15, 0.2) is 18.2 Å². The van der Waals surface area contributed by atoms with Gasteiger partial charge in [-0.2, -0.15) is 9.97 Å². The molecule has 39 heavy (non-hydrogen) atoms. The van der Waals surface area contributed by atoms with E-state index >= 15 is 0 Å².